The minimum absolute atomic E-state index is 0.0113. The van der Waals surface area contributed by atoms with E-state index in [1.165, 1.54) is 12.0 Å². The summed E-state index contributed by atoms with van der Waals surface area (Å²) in [7, 11) is 3.16. The van der Waals surface area contributed by atoms with Crippen LogP contribution >= 0.6 is 0 Å². The van der Waals surface area contributed by atoms with Gasteiger partial charge in [-0.15, -0.1) is 0 Å². The highest BCUT2D eigenvalue weighted by Crippen LogP contribution is 2.65. The van der Waals surface area contributed by atoms with Crippen LogP contribution in [-0.4, -0.2) is 60.4 Å². The number of fused-ring (bicyclic) bond motifs is 3. The number of esters is 1. The molecule has 0 radical (unpaired) electrons. The summed E-state index contributed by atoms with van der Waals surface area (Å²) in [6.45, 7) is 6.75. The fourth-order valence-electron chi connectivity index (χ4n) is 7.20. The van der Waals surface area contributed by atoms with Gasteiger partial charge >= 0.3 is 5.97 Å². The summed E-state index contributed by atoms with van der Waals surface area (Å²) in [6.07, 6.45) is 6.50. The van der Waals surface area contributed by atoms with Gasteiger partial charge in [-0.3, -0.25) is 9.59 Å². The minimum Gasteiger partial charge on any atom is -0.469 e. The summed E-state index contributed by atoms with van der Waals surface area (Å²) in [4.78, 5) is 26.8. The van der Waals surface area contributed by atoms with Crippen molar-refractivity contribution in [1.29, 1.82) is 0 Å². The molecule has 3 saturated carbocycles. The molecule has 7 unspecified atom stereocenters. The molecule has 1 amide bonds. The summed E-state index contributed by atoms with van der Waals surface area (Å²) in [5.74, 6) is 0.419. The largest absolute Gasteiger partial charge is 0.469 e. The van der Waals surface area contributed by atoms with Crippen LogP contribution in [0.15, 0.2) is 11.6 Å². The molecule has 6 heteroatoms. The number of likely N-dealkylation sites (N-methyl/N-ethyl adjacent to an activating group) is 1. The van der Waals surface area contributed by atoms with Crippen molar-refractivity contribution in [3.8, 4) is 0 Å². The molecule has 0 heterocycles. The van der Waals surface area contributed by atoms with Gasteiger partial charge in [-0.25, -0.2) is 0 Å². The Balaban J connectivity index is 1.88. The Kier molecular flexibility index (Phi) is 6.68. The zero-order valence-electron chi connectivity index (χ0n) is 19.2. The van der Waals surface area contributed by atoms with E-state index in [9.17, 15) is 14.7 Å². The van der Waals surface area contributed by atoms with E-state index in [0.717, 1.165) is 37.7 Å². The van der Waals surface area contributed by atoms with Gasteiger partial charge in [0.25, 0.3) is 0 Å². The second kappa shape index (κ2) is 8.62. The van der Waals surface area contributed by atoms with Gasteiger partial charge in [0.15, 0.2) is 0 Å². The molecule has 0 aromatic carbocycles. The summed E-state index contributed by atoms with van der Waals surface area (Å²) < 4.78 is 5.19. The predicted molar refractivity (Wildman–Crippen MR) is 114 cm³/mol. The zero-order valence-corrected chi connectivity index (χ0v) is 19.2. The number of amides is 1. The SMILES string of the molecule is COC(=O)C1(C)CCCC2(C)C3CC/C(=C\C(=O)N(C)CCO)C(C)C3C(O)CC12. The Bertz CT molecular complexity index is 706. The van der Waals surface area contributed by atoms with Crippen molar-refractivity contribution in [3.63, 3.8) is 0 Å². The van der Waals surface area contributed by atoms with Crippen LogP contribution in [0.25, 0.3) is 0 Å². The average Bonchev–Trinajstić information content (AvgIpc) is 2.70. The second-order valence-corrected chi connectivity index (χ2v) is 10.3. The first-order chi connectivity index (χ1) is 14.1. The van der Waals surface area contributed by atoms with Gasteiger partial charge in [0.2, 0.25) is 5.91 Å². The van der Waals surface area contributed by atoms with Crippen molar-refractivity contribution in [2.24, 2.45) is 34.5 Å². The topological polar surface area (TPSA) is 87.1 Å². The number of ether oxygens (including phenoxy) is 1. The molecule has 0 aliphatic heterocycles. The van der Waals surface area contributed by atoms with E-state index in [1.54, 1.807) is 13.1 Å². The summed E-state index contributed by atoms with van der Waals surface area (Å²) in [6, 6.07) is 0. The quantitative estimate of drug-likeness (QED) is 0.538. The molecule has 7 atom stereocenters. The maximum Gasteiger partial charge on any atom is 0.311 e. The Hall–Kier alpha value is -1.40. The van der Waals surface area contributed by atoms with E-state index in [0.29, 0.717) is 18.9 Å². The lowest BCUT2D eigenvalue weighted by molar-refractivity contribution is -0.189. The molecule has 0 aromatic rings. The molecule has 0 spiro atoms. The molecule has 3 fully saturated rings. The number of hydrogen-bond donors (Lipinski definition) is 2. The van der Waals surface area contributed by atoms with Crippen LogP contribution < -0.4 is 0 Å². The van der Waals surface area contributed by atoms with Crippen LogP contribution in [0.2, 0.25) is 0 Å². The molecule has 3 aliphatic carbocycles. The van der Waals surface area contributed by atoms with E-state index >= 15 is 0 Å². The fourth-order valence-corrected chi connectivity index (χ4v) is 7.20. The first-order valence-corrected chi connectivity index (χ1v) is 11.4. The van der Waals surface area contributed by atoms with Gasteiger partial charge in [-0.2, -0.15) is 0 Å². The van der Waals surface area contributed by atoms with Crippen molar-refractivity contribution in [2.45, 2.75) is 65.4 Å². The van der Waals surface area contributed by atoms with Crippen molar-refractivity contribution >= 4 is 11.9 Å². The summed E-state index contributed by atoms with van der Waals surface area (Å²) in [5, 5.41) is 20.3. The number of methoxy groups -OCH3 is 1. The molecule has 170 valence electrons. The maximum atomic E-state index is 12.7. The van der Waals surface area contributed by atoms with Gasteiger partial charge in [0.1, 0.15) is 0 Å². The van der Waals surface area contributed by atoms with Crippen molar-refractivity contribution in [1.82, 2.24) is 4.90 Å². The molecule has 6 nitrogen and oxygen atoms in total. The minimum atomic E-state index is -0.546. The highest BCUT2D eigenvalue weighted by Gasteiger charge is 2.62. The lowest BCUT2D eigenvalue weighted by atomic mass is 9.42. The molecule has 0 bridgehead atoms. The van der Waals surface area contributed by atoms with E-state index in [-0.39, 0.29) is 41.7 Å². The summed E-state index contributed by atoms with van der Waals surface area (Å²) in [5.41, 5.74) is 0.539. The Labute approximate surface area is 180 Å². The highest BCUT2D eigenvalue weighted by atomic mass is 16.5. The van der Waals surface area contributed by atoms with Crippen LogP contribution in [0.1, 0.15) is 59.3 Å². The van der Waals surface area contributed by atoms with Crippen LogP contribution in [0, 0.1) is 34.5 Å². The maximum absolute atomic E-state index is 12.7. The van der Waals surface area contributed by atoms with Gasteiger partial charge in [-0.05, 0) is 68.1 Å². The molecule has 0 aromatic heterocycles. The number of rotatable bonds is 4. The van der Waals surface area contributed by atoms with E-state index < -0.39 is 11.5 Å². The predicted octanol–water partition coefficient (Wildman–Crippen LogP) is 2.78. The van der Waals surface area contributed by atoms with Gasteiger partial charge in [-0.1, -0.05) is 25.8 Å². The number of aliphatic hydroxyl groups is 2. The highest BCUT2D eigenvalue weighted by molar-refractivity contribution is 5.88. The third-order valence-electron chi connectivity index (χ3n) is 8.89. The summed E-state index contributed by atoms with van der Waals surface area (Å²) >= 11 is 0. The van der Waals surface area contributed by atoms with Crippen molar-refractivity contribution in [3.05, 3.63) is 11.6 Å². The van der Waals surface area contributed by atoms with E-state index in [1.807, 2.05) is 6.92 Å². The monoisotopic (exact) mass is 421 g/mol. The molecular formula is C24H39NO5. The van der Waals surface area contributed by atoms with Gasteiger partial charge in [0.05, 0.1) is 25.2 Å². The molecular weight excluding hydrogens is 382 g/mol. The Morgan fingerprint density at radius 1 is 1.30 bits per heavy atom. The third-order valence-corrected chi connectivity index (χ3v) is 8.89. The van der Waals surface area contributed by atoms with Crippen LogP contribution in [0.4, 0.5) is 0 Å². The normalized spacial score (nSPS) is 42.2. The molecule has 3 aliphatic rings. The standard InChI is InChI=1S/C24H39NO5/c1-15-16(13-20(28)25(4)11-12-26)7-8-17-21(15)18(27)14-19-23(17,2)9-6-10-24(19,3)22(29)30-5/h13,15,17-19,21,26-27H,6-12,14H2,1-5H3/b16-13+. The van der Waals surface area contributed by atoms with Crippen molar-refractivity contribution < 1.29 is 24.5 Å². The number of aliphatic hydroxyl groups excluding tert-OH is 2. The van der Waals surface area contributed by atoms with Crippen LogP contribution in [0.3, 0.4) is 0 Å². The number of nitrogens with zero attached hydrogens (tertiary/aromatic N) is 1. The molecule has 2 N–H and O–H groups in total. The Morgan fingerprint density at radius 2 is 2.00 bits per heavy atom. The number of allylic oxidation sites excluding steroid dienone is 1. The zero-order chi connectivity index (χ0) is 22.3. The fraction of sp³-hybridized carbons (Fsp3) is 0.833. The molecule has 3 rings (SSSR count). The second-order valence-electron chi connectivity index (χ2n) is 10.3. The van der Waals surface area contributed by atoms with E-state index in [2.05, 4.69) is 13.8 Å². The smallest absolute Gasteiger partial charge is 0.311 e. The van der Waals surface area contributed by atoms with Crippen molar-refractivity contribution in [2.75, 3.05) is 27.3 Å². The lowest BCUT2D eigenvalue weighted by Crippen LogP contribution is -2.60. The third kappa shape index (κ3) is 3.70. The number of carbonyl (C=O) groups excluding carboxylic acids is 2. The first kappa shape index (κ1) is 23.3. The molecule has 30 heavy (non-hydrogen) atoms. The van der Waals surface area contributed by atoms with E-state index in [4.69, 9.17) is 9.84 Å². The van der Waals surface area contributed by atoms with Gasteiger partial charge < -0.3 is 19.8 Å². The Morgan fingerprint density at radius 3 is 2.63 bits per heavy atom. The van der Waals surface area contributed by atoms with Gasteiger partial charge in [0, 0.05) is 19.7 Å². The average molecular weight is 422 g/mol. The lowest BCUT2D eigenvalue weighted by Gasteiger charge is -2.62. The molecule has 0 saturated heterocycles. The number of carbonyl (C=O) groups is 2. The van der Waals surface area contributed by atoms with Crippen LogP contribution in [0.5, 0.6) is 0 Å². The first-order valence-electron chi connectivity index (χ1n) is 11.4. The number of hydrogen-bond acceptors (Lipinski definition) is 5. The van der Waals surface area contributed by atoms with Crippen LogP contribution in [-0.2, 0) is 14.3 Å².